The van der Waals surface area contributed by atoms with E-state index in [9.17, 15) is 23.2 Å². The number of carboxylic acid groups (broad SMARTS) is 1. The summed E-state index contributed by atoms with van der Waals surface area (Å²) in [5.41, 5.74) is -0.196. The Morgan fingerprint density at radius 1 is 1.26 bits per heavy atom. The quantitative estimate of drug-likeness (QED) is 0.814. The van der Waals surface area contributed by atoms with E-state index in [1.165, 1.54) is 0 Å². The van der Waals surface area contributed by atoms with Gasteiger partial charge in [0.2, 0.25) is 5.91 Å². The molecule has 2 rings (SSSR count). The van der Waals surface area contributed by atoms with Crippen molar-refractivity contribution in [1.82, 2.24) is 4.90 Å². The van der Waals surface area contributed by atoms with Crippen molar-refractivity contribution in [1.29, 1.82) is 0 Å². The zero-order chi connectivity index (χ0) is 14.2. The molecule has 19 heavy (non-hydrogen) atoms. The monoisotopic (exact) mass is 269 g/mol. The van der Waals surface area contributed by atoms with Gasteiger partial charge in [0.1, 0.15) is 0 Å². The van der Waals surface area contributed by atoms with Crippen LogP contribution < -0.4 is 0 Å². The number of hydrogen-bond acceptors (Lipinski definition) is 3. The maximum Gasteiger partial charge on any atom is 0.308 e. The number of carboxylic acids is 1. The molecule has 1 N–H and O–H groups in total. The smallest absolute Gasteiger partial charge is 0.308 e. The predicted octanol–water partition coefficient (Wildman–Crippen LogP) is 1.04. The number of imide groups is 1. The van der Waals surface area contributed by atoms with E-state index in [0.717, 1.165) is 17.0 Å². The Labute approximate surface area is 106 Å². The van der Waals surface area contributed by atoms with Gasteiger partial charge >= 0.3 is 5.97 Å². The van der Waals surface area contributed by atoms with Crippen LogP contribution in [0.1, 0.15) is 16.8 Å². The third-order valence-electron chi connectivity index (χ3n) is 2.89. The number of halogens is 2. The third-order valence-corrected chi connectivity index (χ3v) is 2.89. The summed E-state index contributed by atoms with van der Waals surface area (Å²) in [4.78, 5) is 34.9. The summed E-state index contributed by atoms with van der Waals surface area (Å²) in [5.74, 6) is -5.90. The lowest BCUT2D eigenvalue weighted by Crippen LogP contribution is -2.33. The molecule has 0 saturated carbocycles. The van der Waals surface area contributed by atoms with Gasteiger partial charge in [0.25, 0.3) is 5.91 Å². The minimum atomic E-state index is -1.20. The lowest BCUT2D eigenvalue weighted by molar-refractivity contribution is -0.141. The van der Waals surface area contributed by atoms with Crippen LogP contribution in [0.2, 0.25) is 0 Å². The Morgan fingerprint density at radius 2 is 1.95 bits per heavy atom. The highest BCUT2D eigenvalue weighted by Crippen LogP contribution is 2.21. The van der Waals surface area contributed by atoms with Crippen LogP contribution in [0, 0.1) is 17.6 Å². The zero-order valence-corrected chi connectivity index (χ0v) is 9.60. The van der Waals surface area contributed by atoms with Crippen LogP contribution in [-0.4, -0.2) is 34.3 Å². The molecular formula is C12H9F2NO4. The maximum atomic E-state index is 13.0. The molecule has 5 nitrogen and oxygen atoms in total. The molecule has 100 valence electrons. The Bertz CT molecular complexity index is 573. The fourth-order valence-electron chi connectivity index (χ4n) is 1.85. The average Bonchev–Trinajstić information content (AvgIpc) is 2.74. The van der Waals surface area contributed by atoms with Crippen LogP contribution in [0.15, 0.2) is 18.2 Å². The molecule has 7 heteroatoms. The topological polar surface area (TPSA) is 74.7 Å². The van der Waals surface area contributed by atoms with Crippen molar-refractivity contribution in [2.24, 2.45) is 5.92 Å². The number of likely N-dealkylation sites (tertiary alicyclic amines) is 1. The number of carbonyl (C=O) groups excluding carboxylic acids is 2. The van der Waals surface area contributed by atoms with E-state index in [0.29, 0.717) is 6.07 Å². The van der Waals surface area contributed by atoms with Gasteiger partial charge in [-0.2, -0.15) is 0 Å². The van der Waals surface area contributed by atoms with Crippen molar-refractivity contribution >= 4 is 17.8 Å². The normalized spacial score (nSPS) is 18.7. The first kappa shape index (κ1) is 13.1. The van der Waals surface area contributed by atoms with E-state index in [1.807, 2.05) is 0 Å². The number of benzene rings is 1. The van der Waals surface area contributed by atoms with Gasteiger partial charge in [0.15, 0.2) is 11.6 Å². The maximum absolute atomic E-state index is 13.0. The van der Waals surface area contributed by atoms with Gasteiger partial charge in [-0.1, -0.05) is 0 Å². The molecule has 2 amide bonds. The highest BCUT2D eigenvalue weighted by molar-refractivity contribution is 6.06. The predicted molar refractivity (Wildman–Crippen MR) is 58.1 cm³/mol. The van der Waals surface area contributed by atoms with Crippen LogP contribution in [0.5, 0.6) is 0 Å². The van der Waals surface area contributed by atoms with Crippen molar-refractivity contribution in [3.8, 4) is 0 Å². The number of nitrogens with zero attached hydrogens (tertiary/aromatic N) is 1. The van der Waals surface area contributed by atoms with Gasteiger partial charge in [0, 0.05) is 18.5 Å². The van der Waals surface area contributed by atoms with E-state index in [2.05, 4.69) is 0 Å². The Balaban J connectivity index is 2.22. The van der Waals surface area contributed by atoms with Gasteiger partial charge < -0.3 is 5.11 Å². The number of rotatable bonds is 2. The molecule has 1 aromatic carbocycles. The van der Waals surface area contributed by atoms with Gasteiger partial charge in [-0.05, 0) is 18.2 Å². The number of carbonyl (C=O) groups is 3. The van der Waals surface area contributed by atoms with Crippen LogP contribution in [0.3, 0.4) is 0 Å². The summed E-state index contributed by atoms with van der Waals surface area (Å²) in [7, 11) is 0. The molecule has 0 spiro atoms. The summed E-state index contributed by atoms with van der Waals surface area (Å²) in [6, 6.07) is 2.50. The van der Waals surface area contributed by atoms with Crippen molar-refractivity contribution in [2.75, 3.05) is 6.54 Å². The highest BCUT2D eigenvalue weighted by Gasteiger charge is 2.38. The minimum absolute atomic E-state index is 0.196. The first-order valence-electron chi connectivity index (χ1n) is 5.42. The van der Waals surface area contributed by atoms with E-state index in [1.54, 1.807) is 0 Å². The van der Waals surface area contributed by atoms with Crippen LogP contribution in [0.4, 0.5) is 8.78 Å². The second-order valence-electron chi connectivity index (χ2n) is 4.18. The average molecular weight is 269 g/mol. The van der Waals surface area contributed by atoms with Gasteiger partial charge in [0.05, 0.1) is 5.92 Å². The summed E-state index contributed by atoms with van der Waals surface area (Å²) in [5, 5.41) is 8.78. The number of hydrogen-bond donors (Lipinski definition) is 1. The Hall–Kier alpha value is -2.31. The van der Waals surface area contributed by atoms with Crippen molar-refractivity contribution in [3.63, 3.8) is 0 Å². The molecule has 0 bridgehead atoms. The molecule has 1 heterocycles. The molecule has 1 fully saturated rings. The van der Waals surface area contributed by atoms with E-state index < -0.39 is 35.3 Å². The largest absolute Gasteiger partial charge is 0.481 e. The van der Waals surface area contributed by atoms with Gasteiger partial charge in [-0.25, -0.2) is 8.78 Å². The Morgan fingerprint density at radius 3 is 2.47 bits per heavy atom. The van der Waals surface area contributed by atoms with E-state index >= 15 is 0 Å². The first-order valence-corrected chi connectivity index (χ1v) is 5.42. The molecule has 0 aromatic heterocycles. The van der Waals surface area contributed by atoms with Crippen molar-refractivity contribution in [2.45, 2.75) is 6.42 Å². The lowest BCUT2D eigenvalue weighted by atomic mass is 10.1. The molecule has 0 radical (unpaired) electrons. The second-order valence-corrected chi connectivity index (χ2v) is 4.18. The zero-order valence-electron chi connectivity index (χ0n) is 9.60. The van der Waals surface area contributed by atoms with Gasteiger partial charge in [-0.3, -0.25) is 19.3 Å². The SMILES string of the molecule is O=C(O)C1CC(=O)N(C(=O)c2ccc(F)c(F)c2)C1. The Kier molecular flexibility index (Phi) is 3.28. The number of aliphatic carboxylic acids is 1. The van der Waals surface area contributed by atoms with E-state index in [4.69, 9.17) is 5.11 Å². The second kappa shape index (κ2) is 4.75. The summed E-state index contributed by atoms with van der Waals surface area (Å²) in [6.07, 6.45) is -0.273. The van der Waals surface area contributed by atoms with Crippen molar-refractivity contribution < 1.29 is 28.3 Å². The standard InChI is InChI=1S/C12H9F2NO4/c13-8-2-1-6(3-9(8)14)11(17)15-5-7(12(18)19)4-10(15)16/h1-3,7H,4-5H2,(H,18,19). The van der Waals surface area contributed by atoms with E-state index in [-0.39, 0.29) is 18.5 Å². The first-order chi connectivity index (χ1) is 8.90. The fraction of sp³-hybridized carbons (Fsp3) is 0.250. The summed E-state index contributed by atoms with van der Waals surface area (Å²) < 4.78 is 25.7. The molecule has 1 aliphatic heterocycles. The third kappa shape index (κ3) is 2.44. The minimum Gasteiger partial charge on any atom is -0.481 e. The summed E-state index contributed by atoms with van der Waals surface area (Å²) >= 11 is 0. The summed E-state index contributed by atoms with van der Waals surface area (Å²) in [6.45, 7) is -0.258. The molecule has 0 aliphatic carbocycles. The molecule has 1 unspecified atom stereocenters. The molecule has 1 aromatic rings. The van der Waals surface area contributed by atoms with Crippen LogP contribution in [-0.2, 0) is 9.59 Å². The lowest BCUT2D eigenvalue weighted by Gasteiger charge is -2.14. The van der Waals surface area contributed by atoms with Gasteiger partial charge in [-0.15, -0.1) is 0 Å². The fourth-order valence-corrected chi connectivity index (χ4v) is 1.85. The van der Waals surface area contributed by atoms with Crippen LogP contribution in [0.25, 0.3) is 0 Å². The molecule has 1 atom stereocenters. The van der Waals surface area contributed by atoms with Crippen LogP contribution >= 0.6 is 0 Å². The molecular weight excluding hydrogens is 260 g/mol. The number of amides is 2. The highest BCUT2D eigenvalue weighted by atomic mass is 19.2. The van der Waals surface area contributed by atoms with Crippen molar-refractivity contribution in [3.05, 3.63) is 35.4 Å². The molecule has 1 aliphatic rings. The molecule has 1 saturated heterocycles.